The van der Waals surface area contributed by atoms with E-state index in [2.05, 4.69) is 4.98 Å². The molecule has 0 amide bonds. The summed E-state index contributed by atoms with van der Waals surface area (Å²) in [5, 5.41) is 0. The molecule has 2 aromatic rings. The van der Waals surface area contributed by atoms with E-state index in [0.29, 0.717) is 22.4 Å². The molecule has 1 aromatic heterocycles. The minimum atomic E-state index is -1.46. The maximum Gasteiger partial charge on any atom is 0.167 e. The van der Waals surface area contributed by atoms with Crippen LogP contribution in [0.2, 0.25) is 0 Å². The third kappa shape index (κ3) is 2.24. The van der Waals surface area contributed by atoms with Crippen molar-refractivity contribution >= 4 is 23.4 Å². The number of hydrogen-bond donors (Lipinski definition) is 1. The molecule has 86 valence electrons. The summed E-state index contributed by atoms with van der Waals surface area (Å²) >= 11 is 0. The summed E-state index contributed by atoms with van der Waals surface area (Å²) in [5.41, 5.74) is 0.417. The van der Waals surface area contributed by atoms with Crippen LogP contribution in [0.4, 0.5) is 0 Å². The number of rotatable bonds is 4. The maximum atomic E-state index is 12.2. The molecule has 0 saturated heterocycles. The first-order chi connectivity index (χ1) is 8.26. The predicted octanol–water partition coefficient (Wildman–Crippen LogP) is 1.81. The molecule has 5 heteroatoms. The Bertz CT molecular complexity index is 575. The molecule has 1 aromatic carbocycles. The topological polar surface area (TPSA) is 67.0 Å². The number of hydrogen-bond acceptors (Lipinski definition) is 3. The van der Waals surface area contributed by atoms with Crippen LogP contribution in [-0.4, -0.2) is 21.8 Å². The zero-order valence-electron chi connectivity index (χ0n) is 8.75. The lowest BCUT2D eigenvalue weighted by atomic mass is 10.4. The van der Waals surface area contributed by atoms with Crippen LogP contribution in [0.25, 0.3) is 0 Å². The molecule has 0 fully saturated rings. The molecule has 0 aliphatic carbocycles. The van der Waals surface area contributed by atoms with Crippen molar-refractivity contribution in [1.82, 2.24) is 4.98 Å². The Morgan fingerprint density at radius 2 is 1.76 bits per heavy atom. The first-order valence-electron chi connectivity index (χ1n) is 4.86. The summed E-state index contributed by atoms with van der Waals surface area (Å²) in [5.74, 6) is 0. The second-order valence-electron chi connectivity index (χ2n) is 3.32. The van der Waals surface area contributed by atoms with Gasteiger partial charge in [0.15, 0.2) is 12.6 Å². The smallest absolute Gasteiger partial charge is 0.167 e. The van der Waals surface area contributed by atoms with E-state index in [1.807, 2.05) is 6.07 Å². The normalized spacial score (nSPS) is 12.0. The molecular weight excluding hydrogens is 238 g/mol. The predicted molar refractivity (Wildman–Crippen MR) is 62.7 cm³/mol. The number of carbonyl (C=O) groups excluding carboxylic acids is 2. The van der Waals surface area contributed by atoms with E-state index >= 15 is 0 Å². The lowest BCUT2D eigenvalue weighted by Crippen LogP contribution is -1.95. The second-order valence-corrected chi connectivity index (χ2v) is 4.77. The molecule has 0 bridgehead atoms. The molecule has 2 rings (SSSR count). The monoisotopic (exact) mass is 247 g/mol. The quantitative estimate of drug-likeness (QED) is 0.838. The number of aromatic nitrogens is 1. The number of benzene rings is 1. The molecule has 0 aliphatic heterocycles. The molecule has 1 atom stereocenters. The largest absolute Gasteiger partial charge is 0.349 e. The summed E-state index contributed by atoms with van der Waals surface area (Å²) in [7, 11) is -1.46. The van der Waals surface area contributed by atoms with Gasteiger partial charge in [-0.15, -0.1) is 0 Å². The Morgan fingerprint density at radius 3 is 2.35 bits per heavy atom. The van der Waals surface area contributed by atoms with Crippen LogP contribution < -0.4 is 0 Å². The number of H-pyrrole nitrogens is 1. The van der Waals surface area contributed by atoms with Gasteiger partial charge in [-0.1, -0.05) is 18.2 Å². The number of carbonyl (C=O) groups is 2. The highest BCUT2D eigenvalue weighted by Crippen LogP contribution is 2.19. The molecule has 1 N–H and O–H groups in total. The van der Waals surface area contributed by atoms with Crippen LogP contribution >= 0.6 is 0 Å². The van der Waals surface area contributed by atoms with Gasteiger partial charge in [0.05, 0.1) is 27.1 Å². The van der Waals surface area contributed by atoms with Crippen LogP contribution in [0.15, 0.2) is 46.2 Å². The van der Waals surface area contributed by atoms with Crippen molar-refractivity contribution in [2.24, 2.45) is 0 Å². The van der Waals surface area contributed by atoms with Gasteiger partial charge in [-0.2, -0.15) is 0 Å². The highest BCUT2D eigenvalue weighted by Gasteiger charge is 2.14. The zero-order valence-corrected chi connectivity index (χ0v) is 9.57. The van der Waals surface area contributed by atoms with Gasteiger partial charge in [0.2, 0.25) is 0 Å². The van der Waals surface area contributed by atoms with Crippen LogP contribution in [0.1, 0.15) is 21.0 Å². The van der Waals surface area contributed by atoms with Crippen molar-refractivity contribution in [2.45, 2.75) is 9.79 Å². The van der Waals surface area contributed by atoms with Crippen molar-refractivity contribution in [2.75, 3.05) is 0 Å². The van der Waals surface area contributed by atoms with E-state index < -0.39 is 10.8 Å². The van der Waals surface area contributed by atoms with E-state index in [4.69, 9.17) is 0 Å². The molecule has 17 heavy (non-hydrogen) atoms. The fraction of sp³-hybridized carbons (Fsp3) is 0. The van der Waals surface area contributed by atoms with E-state index in [0.717, 1.165) is 0 Å². The van der Waals surface area contributed by atoms with Crippen molar-refractivity contribution in [1.29, 1.82) is 0 Å². The summed E-state index contributed by atoms with van der Waals surface area (Å²) < 4.78 is 12.2. The van der Waals surface area contributed by atoms with Crippen molar-refractivity contribution < 1.29 is 13.8 Å². The summed E-state index contributed by atoms with van der Waals surface area (Å²) in [4.78, 5) is 24.9. The molecule has 4 nitrogen and oxygen atoms in total. The fourth-order valence-corrected chi connectivity index (χ4v) is 2.64. The standard InChI is InChI=1S/C12H9NO3S/c14-7-9-6-12(11(8-15)13-9)17(16)10-4-2-1-3-5-10/h1-8,13H. The van der Waals surface area contributed by atoms with Gasteiger partial charge in [-0.25, -0.2) is 4.21 Å². The molecule has 0 radical (unpaired) electrons. The molecule has 1 unspecified atom stereocenters. The second kappa shape index (κ2) is 4.88. The first-order valence-corrected chi connectivity index (χ1v) is 6.01. The van der Waals surface area contributed by atoms with Crippen LogP contribution in [-0.2, 0) is 10.8 Å². The van der Waals surface area contributed by atoms with Gasteiger partial charge < -0.3 is 4.98 Å². The third-order valence-corrected chi connectivity index (χ3v) is 3.67. The number of nitrogens with one attached hydrogen (secondary N) is 1. The van der Waals surface area contributed by atoms with E-state index in [9.17, 15) is 13.8 Å². The molecule has 1 heterocycles. The number of aromatic amines is 1. The minimum absolute atomic E-state index is 0.175. The Balaban J connectivity index is 2.47. The molecule has 0 saturated carbocycles. The average Bonchev–Trinajstić information content (AvgIpc) is 2.82. The van der Waals surface area contributed by atoms with E-state index in [-0.39, 0.29) is 11.4 Å². The molecular formula is C12H9NO3S. The van der Waals surface area contributed by atoms with Gasteiger partial charge in [-0.3, -0.25) is 9.59 Å². The molecule has 0 aliphatic rings. The Labute approximate surface area is 100 Å². The van der Waals surface area contributed by atoms with E-state index in [1.54, 1.807) is 24.3 Å². The SMILES string of the molecule is O=Cc1cc(S(=O)c2ccccc2)c(C=O)[nH]1. The van der Waals surface area contributed by atoms with Crippen molar-refractivity contribution in [3.63, 3.8) is 0 Å². The Hall–Kier alpha value is -2.01. The van der Waals surface area contributed by atoms with Crippen molar-refractivity contribution in [3.05, 3.63) is 47.8 Å². The summed E-state index contributed by atoms with van der Waals surface area (Å²) in [6, 6.07) is 10.2. The number of aldehydes is 2. The lowest BCUT2D eigenvalue weighted by Gasteiger charge is -1.99. The molecule has 0 spiro atoms. The minimum Gasteiger partial charge on any atom is -0.349 e. The lowest BCUT2D eigenvalue weighted by molar-refractivity contribution is 0.111. The summed E-state index contributed by atoms with van der Waals surface area (Å²) in [6.45, 7) is 0. The third-order valence-electron chi connectivity index (χ3n) is 2.23. The Kier molecular flexibility index (Phi) is 3.30. The first kappa shape index (κ1) is 11.5. The van der Waals surface area contributed by atoms with Crippen LogP contribution in [0.5, 0.6) is 0 Å². The highest BCUT2D eigenvalue weighted by atomic mass is 32.2. The van der Waals surface area contributed by atoms with Gasteiger partial charge in [0, 0.05) is 4.90 Å². The van der Waals surface area contributed by atoms with Gasteiger partial charge in [0.25, 0.3) is 0 Å². The van der Waals surface area contributed by atoms with Gasteiger partial charge >= 0.3 is 0 Å². The van der Waals surface area contributed by atoms with Crippen molar-refractivity contribution in [3.8, 4) is 0 Å². The van der Waals surface area contributed by atoms with Gasteiger partial charge in [-0.05, 0) is 18.2 Å². The zero-order chi connectivity index (χ0) is 12.3. The van der Waals surface area contributed by atoms with Crippen LogP contribution in [0, 0.1) is 0 Å². The van der Waals surface area contributed by atoms with Gasteiger partial charge in [0.1, 0.15) is 0 Å². The van der Waals surface area contributed by atoms with E-state index in [1.165, 1.54) is 6.07 Å². The highest BCUT2D eigenvalue weighted by molar-refractivity contribution is 7.85. The van der Waals surface area contributed by atoms with Crippen LogP contribution in [0.3, 0.4) is 0 Å². The maximum absolute atomic E-state index is 12.2. The average molecular weight is 247 g/mol. The Morgan fingerprint density at radius 1 is 1.06 bits per heavy atom. The fourth-order valence-electron chi connectivity index (χ4n) is 1.45. The summed E-state index contributed by atoms with van der Waals surface area (Å²) in [6.07, 6.45) is 1.14.